The number of hydrogen-bond donors (Lipinski definition) is 0. The fraction of sp³-hybridized carbons (Fsp3) is 1.00. The zero-order chi connectivity index (χ0) is 10.7. The van der Waals surface area contributed by atoms with Gasteiger partial charge in [-0.1, -0.05) is 15.9 Å². The van der Waals surface area contributed by atoms with Crippen LogP contribution in [0.1, 0.15) is 38.5 Å². The van der Waals surface area contributed by atoms with Gasteiger partial charge < -0.3 is 9.47 Å². The Morgan fingerprint density at radius 1 is 1.20 bits per heavy atom. The molecule has 1 saturated carbocycles. The molecule has 4 heteroatoms. The number of alkyl halides is 2. The lowest BCUT2D eigenvalue weighted by molar-refractivity contribution is -0.195. The molecule has 0 aromatic carbocycles. The van der Waals surface area contributed by atoms with Crippen LogP contribution in [0.4, 0.5) is 4.39 Å². The molecule has 2 aliphatic rings. The van der Waals surface area contributed by atoms with E-state index in [-0.39, 0.29) is 17.2 Å². The van der Waals surface area contributed by atoms with Crippen molar-refractivity contribution < 1.29 is 13.9 Å². The van der Waals surface area contributed by atoms with E-state index in [1.807, 2.05) is 0 Å². The van der Waals surface area contributed by atoms with Crippen molar-refractivity contribution in [2.45, 2.75) is 61.9 Å². The van der Waals surface area contributed by atoms with Crippen LogP contribution in [0.25, 0.3) is 0 Å². The Kier molecular flexibility index (Phi) is 4.40. The Bertz CT molecular complexity index is 197. The van der Waals surface area contributed by atoms with Gasteiger partial charge in [0, 0.05) is 17.9 Å². The van der Waals surface area contributed by atoms with Crippen molar-refractivity contribution in [2.75, 3.05) is 6.61 Å². The van der Waals surface area contributed by atoms with E-state index in [9.17, 15) is 4.39 Å². The van der Waals surface area contributed by atoms with Crippen LogP contribution < -0.4 is 0 Å². The summed E-state index contributed by atoms with van der Waals surface area (Å²) in [4.78, 5) is 0.0182. The summed E-state index contributed by atoms with van der Waals surface area (Å²) < 4.78 is 24.7. The van der Waals surface area contributed by atoms with Crippen molar-refractivity contribution in [1.29, 1.82) is 0 Å². The highest BCUT2D eigenvalue weighted by atomic mass is 79.9. The molecular formula is C11H18BrFO2. The van der Waals surface area contributed by atoms with Crippen molar-refractivity contribution in [3.8, 4) is 0 Å². The zero-order valence-electron chi connectivity index (χ0n) is 8.83. The van der Waals surface area contributed by atoms with Gasteiger partial charge in [0.05, 0.1) is 6.10 Å². The average Bonchev–Trinajstić information content (AvgIpc) is 2.25. The smallest absolute Gasteiger partial charge is 0.157 e. The fourth-order valence-electron chi connectivity index (χ4n) is 2.20. The third-order valence-corrected chi connectivity index (χ3v) is 4.16. The minimum atomic E-state index is -0.771. The van der Waals surface area contributed by atoms with Crippen molar-refractivity contribution in [2.24, 2.45) is 0 Å². The molecule has 1 heterocycles. The predicted octanol–water partition coefficient (Wildman–Crippen LogP) is 3.18. The van der Waals surface area contributed by atoms with E-state index in [1.165, 1.54) is 0 Å². The summed E-state index contributed by atoms with van der Waals surface area (Å²) in [5.41, 5.74) is 0. The normalized spacial score (nSPS) is 42.8. The Balaban J connectivity index is 1.74. The number of ether oxygens (including phenoxy) is 2. The van der Waals surface area contributed by atoms with Crippen LogP contribution in [0, 0.1) is 0 Å². The Morgan fingerprint density at radius 2 is 2.07 bits per heavy atom. The van der Waals surface area contributed by atoms with E-state index in [1.54, 1.807) is 0 Å². The topological polar surface area (TPSA) is 18.5 Å². The van der Waals surface area contributed by atoms with Crippen molar-refractivity contribution in [3.63, 3.8) is 0 Å². The lowest BCUT2D eigenvalue weighted by Crippen LogP contribution is -2.35. The molecule has 1 aliphatic heterocycles. The summed E-state index contributed by atoms with van der Waals surface area (Å²) in [6.45, 7) is 0.789. The van der Waals surface area contributed by atoms with Crippen LogP contribution >= 0.6 is 15.9 Å². The SMILES string of the molecule is FC1CC(OC2CCCCO2)CCC1Br. The van der Waals surface area contributed by atoms with E-state index in [4.69, 9.17) is 9.47 Å². The van der Waals surface area contributed by atoms with E-state index < -0.39 is 6.17 Å². The third kappa shape index (κ3) is 3.40. The van der Waals surface area contributed by atoms with Gasteiger partial charge in [0.15, 0.2) is 6.29 Å². The van der Waals surface area contributed by atoms with Gasteiger partial charge in [-0.25, -0.2) is 4.39 Å². The molecule has 0 aromatic rings. The minimum Gasteiger partial charge on any atom is -0.353 e. The largest absolute Gasteiger partial charge is 0.353 e. The van der Waals surface area contributed by atoms with Gasteiger partial charge in [0.1, 0.15) is 6.17 Å². The van der Waals surface area contributed by atoms with Gasteiger partial charge in [0.2, 0.25) is 0 Å². The second-order valence-corrected chi connectivity index (χ2v) is 5.58. The predicted molar refractivity (Wildman–Crippen MR) is 59.9 cm³/mol. The van der Waals surface area contributed by atoms with Crippen LogP contribution in [0.3, 0.4) is 0 Å². The average molecular weight is 281 g/mol. The molecule has 2 fully saturated rings. The van der Waals surface area contributed by atoms with Crippen molar-refractivity contribution >= 4 is 15.9 Å². The van der Waals surface area contributed by atoms with E-state index in [0.29, 0.717) is 6.42 Å². The highest BCUT2D eigenvalue weighted by molar-refractivity contribution is 9.09. The molecule has 0 radical (unpaired) electrons. The molecule has 15 heavy (non-hydrogen) atoms. The third-order valence-electron chi connectivity index (χ3n) is 3.13. The standard InChI is InChI=1S/C11H18BrFO2/c12-9-5-4-8(7-10(9)13)15-11-3-1-2-6-14-11/h8-11H,1-7H2. The number of hydrogen-bond acceptors (Lipinski definition) is 2. The molecular weight excluding hydrogens is 263 g/mol. The second kappa shape index (κ2) is 5.60. The quantitative estimate of drug-likeness (QED) is 0.724. The van der Waals surface area contributed by atoms with Crippen molar-refractivity contribution in [3.05, 3.63) is 0 Å². The number of halogens is 2. The maximum atomic E-state index is 13.4. The Morgan fingerprint density at radius 3 is 2.73 bits per heavy atom. The summed E-state index contributed by atoms with van der Waals surface area (Å²) in [6.07, 6.45) is 4.76. The summed E-state index contributed by atoms with van der Waals surface area (Å²) >= 11 is 3.34. The molecule has 88 valence electrons. The van der Waals surface area contributed by atoms with Gasteiger partial charge in [-0.3, -0.25) is 0 Å². The van der Waals surface area contributed by atoms with E-state index in [0.717, 1.165) is 38.7 Å². The zero-order valence-corrected chi connectivity index (χ0v) is 10.4. The van der Waals surface area contributed by atoms with Crippen LogP contribution in [0.2, 0.25) is 0 Å². The first-order valence-electron chi connectivity index (χ1n) is 5.81. The molecule has 0 amide bonds. The first-order valence-corrected chi connectivity index (χ1v) is 6.72. The second-order valence-electron chi connectivity index (χ2n) is 4.40. The molecule has 0 bridgehead atoms. The summed E-state index contributed by atoms with van der Waals surface area (Å²) in [5.74, 6) is 0. The van der Waals surface area contributed by atoms with E-state index in [2.05, 4.69) is 15.9 Å². The molecule has 2 rings (SSSR count). The van der Waals surface area contributed by atoms with Gasteiger partial charge >= 0.3 is 0 Å². The Hall–Kier alpha value is 0.330. The Labute approximate surface area is 98.6 Å². The lowest BCUT2D eigenvalue weighted by atomic mass is 9.96. The van der Waals surface area contributed by atoms with Crippen molar-refractivity contribution in [1.82, 2.24) is 0 Å². The summed E-state index contributed by atoms with van der Waals surface area (Å²) in [7, 11) is 0. The molecule has 1 aliphatic carbocycles. The first-order chi connectivity index (χ1) is 7.25. The number of rotatable bonds is 2. The first kappa shape index (κ1) is 11.8. The highest BCUT2D eigenvalue weighted by Crippen LogP contribution is 2.30. The molecule has 4 atom stereocenters. The van der Waals surface area contributed by atoms with Gasteiger partial charge in [0.25, 0.3) is 0 Å². The molecule has 2 nitrogen and oxygen atoms in total. The summed E-state index contributed by atoms with van der Waals surface area (Å²) in [6, 6.07) is 0. The minimum absolute atomic E-state index is 0.0182. The van der Waals surface area contributed by atoms with Crippen LogP contribution in [0.5, 0.6) is 0 Å². The molecule has 0 N–H and O–H groups in total. The molecule has 0 aromatic heterocycles. The molecule has 4 unspecified atom stereocenters. The fourth-order valence-corrected chi connectivity index (χ4v) is 2.68. The van der Waals surface area contributed by atoms with Crippen LogP contribution in [0.15, 0.2) is 0 Å². The lowest BCUT2D eigenvalue weighted by Gasteiger charge is -2.32. The van der Waals surface area contributed by atoms with Gasteiger partial charge in [-0.05, 0) is 32.1 Å². The van der Waals surface area contributed by atoms with Gasteiger partial charge in [-0.2, -0.15) is 0 Å². The molecule has 1 saturated heterocycles. The monoisotopic (exact) mass is 280 g/mol. The molecule has 0 spiro atoms. The van der Waals surface area contributed by atoms with Gasteiger partial charge in [-0.15, -0.1) is 0 Å². The summed E-state index contributed by atoms with van der Waals surface area (Å²) in [5, 5.41) is 0. The maximum absolute atomic E-state index is 13.4. The van der Waals surface area contributed by atoms with Crippen LogP contribution in [-0.4, -0.2) is 30.0 Å². The van der Waals surface area contributed by atoms with E-state index >= 15 is 0 Å². The highest BCUT2D eigenvalue weighted by Gasteiger charge is 2.31. The maximum Gasteiger partial charge on any atom is 0.157 e. The van der Waals surface area contributed by atoms with Crippen LogP contribution in [-0.2, 0) is 9.47 Å².